The fourth-order valence-electron chi connectivity index (χ4n) is 2.19. The summed E-state index contributed by atoms with van der Waals surface area (Å²) in [5, 5.41) is 12.1. The lowest BCUT2D eigenvalue weighted by Gasteiger charge is -2.29. The van der Waals surface area contributed by atoms with Crippen LogP contribution in [0.3, 0.4) is 0 Å². The third kappa shape index (κ3) is 5.50. The van der Waals surface area contributed by atoms with Gasteiger partial charge < -0.3 is 15.2 Å². The van der Waals surface area contributed by atoms with Gasteiger partial charge in [0.15, 0.2) is 0 Å². The van der Waals surface area contributed by atoms with Crippen LogP contribution in [-0.2, 0) is 4.74 Å². The number of hydrogen-bond acceptors (Lipinski definition) is 3. The molecule has 0 saturated heterocycles. The number of aliphatic hydroxyl groups excluding tert-OH is 1. The van der Waals surface area contributed by atoms with E-state index in [1.54, 1.807) is 0 Å². The Labute approximate surface area is 93.2 Å². The number of hydrogen-bond donors (Lipinski definition) is 2. The highest BCUT2D eigenvalue weighted by molar-refractivity contribution is 4.76. The molecule has 0 radical (unpaired) electrons. The van der Waals surface area contributed by atoms with Crippen LogP contribution in [0, 0.1) is 0 Å². The van der Waals surface area contributed by atoms with Gasteiger partial charge in [0, 0.05) is 19.3 Å². The zero-order valence-corrected chi connectivity index (χ0v) is 9.87. The highest BCUT2D eigenvalue weighted by Gasteiger charge is 2.20. The second kappa shape index (κ2) is 8.08. The van der Waals surface area contributed by atoms with Crippen LogP contribution in [0.5, 0.6) is 0 Å². The molecule has 0 spiro atoms. The van der Waals surface area contributed by atoms with Gasteiger partial charge in [0.05, 0.1) is 6.10 Å². The van der Waals surface area contributed by atoms with E-state index in [1.807, 2.05) is 0 Å². The molecule has 0 aliphatic heterocycles. The smallest absolute Gasteiger partial charge is 0.0576 e. The van der Waals surface area contributed by atoms with E-state index in [0.29, 0.717) is 12.1 Å². The van der Waals surface area contributed by atoms with Crippen molar-refractivity contribution in [2.24, 2.45) is 0 Å². The summed E-state index contributed by atoms with van der Waals surface area (Å²) in [5.41, 5.74) is 0. The molecule has 1 aliphatic rings. The van der Waals surface area contributed by atoms with E-state index in [1.165, 1.54) is 25.7 Å². The fourth-order valence-corrected chi connectivity index (χ4v) is 2.19. The Balaban J connectivity index is 1.99. The summed E-state index contributed by atoms with van der Waals surface area (Å²) in [7, 11) is 0. The second-order valence-electron chi connectivity index (χ2n) is 4.33. The summed E-state index contributed by atoms with van der Waals surface area (Å²) in [6, 6.07) is 0.715. The Kier molecular flexibility index (Phi) is 6.98. The predicted octanol–water partition coefficient (Wildman–Crippen LogP) is 1.70. The van der Waals surface area contributed by atoms with E-state index in [0.717, 1.165) is 26.0 Å². The molecule has 15 heavy (non-hydrogen) atoms. The topological polar surface area (TPSA) is 41.5 Å². The molecule has 2 N–H and O–H groups in total. The first-order valence-electron chi connectivity index (χ1n) is 6.32. The average Bonchev–Trinajstić information content (AvgIpc) is 2.27. The molecule has 3 heteroatoms. The van der Waals surface area contributed by atoms with Crippen LogP contribution in [0.2, 0.25) is 0 Å². The molecule has 90 valence electrons. The summed E-state index contributed by atoms with van der Waals surface area (Å²) in [6.07, 6.45) is 7.21. The molecule has 0 aromatic rings. The van der Waals surface area contributed by atoms with E-state index in [-0.39, 0.29) is 6.61 Å². The van der Waals surface area contributed by atoms with Crippen molar-refractivity contribution in [3.05, 3.63) is 0 Å². The van der Waals surface area contributed by atoms with Crippen LogP contribution in [0.4, 0.5) is 0 Å². The normalized spacial score (nSPS) is 26.8. The quantitative estimate of drug-likeness (QED) is 0.635. The Morgan fingerprint density at radius 3 is 2.53 bits per heavy atom. The van der Waals surface area contributed by atoms with Gasteiger partial charge in [0.1, 0.15) is 0 Å². The minimum atomic E-state index is 0.288. The molecule has 1 saturated carbocycles. The van der Waals surface area contributed by atoms with Crippen LogP contribution in [0.1, 0.15) is 45.4 Å². The molecule has 1 aliphatic carbocycles. The van der Waals surface area contributed by atoms with Gasteiger partial charge in [0.2, 0.25) is 0 Å². The van der Waals surface area contributed by atoms with E-state index >= 15 is 0 Å². The largest absolute Gasteiger partial charge is 0.396 e. The van der Waals surface area contributed by atoms with Crippen molar-refractivity contribution in [2.45, 2.75) is 57.6 Å². The fraction of sp³-hybridized carbons (Fsp3) is 1.00. The van der Waals surface area contributed by atoms with Crippen molar-refractivity contribution >= 4 is 0 Å². The zero-order chi connectivity index (χ0) is 10.9. The van der Waals surface area contributed by atoms with Crippen molar-refractivity contribution in [2.75, 3.05) is 19.8 Å². The molecule has 0 aromatic carbocycles. The van der Waals surface area contributed by atoms with Crippen molar-refractivity contribution in [3.63, 3.8) is 0 Å². The summed E-state index contributed by atoms with van der Waals surface area (Å²) < 4.78 is 5.77. The van der Waals surface area contributed by atoms with Crippen LogP contribution in [-0.4, -0.2) is 37.0 Å². The summed E-state index contributed by atoms with van der Waals surface area (Å²) in [4.78, 5) is 0. The van der Waals surface area contributed by atoms with Gasteiger partial charge >= 0.3 is 0 Å². The second-order valence-corrected chi connectivity index (χ2v) is 4.33. The Hall–Kier alpha value is -0.120. The monoisotopic (exact) mass is 215 g/mol. The molecular weight excluding hydrogens is 190 g/mol. The standard InChI is InChI=1S/C12H25NO2/c1-2-13-11-5-7-12(8-6-11)15-10-4-3-9-14/h11-14H,2-10H2,1H3. The number of unbranched alkanes of at least 4 members (excludes halogenated alkanes) is 1. The minimum Gasteiger partial charge on any atom is -0.396 e. The molecule has 3 nitrogen and oxygen atoms in total. The molecule has 1 fully saturated rings. The molecular formula is C12H25NO2. The average molecular weight is 215 g/mol. The van der Waals surface area contributed by atoms with Crippen LogP contribution >= 0.6 is 0 Å². The first-order valence-corrected chi connectivity index (χ1v) is 6.32. The van der Waals surface area contributed by atoms with Gasteiger partial charge in [-0.1, -0.05) is 6.92 Å². The van der Waals surface area contributed by atoms with Crippen molar-refractivity contribution in [1.82, 2.24) is 5.32 Å². The van der Waals surface area contributed by atoms with Gasteiger partial charge in [-0.05, 0) is 45.1 Å². The Morgan fingerprint density at radius 2 is 1.93 bits per heavy atom. The van der Waals surface area contributed by atoms with Crippen molar-refractivity contribution < 1.29 is 9.84 Å². The molecule has 0 amide bonds. The van der Waals surface area contributed by atoms with Crippen LogP contribution in [0.15, 0.2) is 0 Å². The first-order chi connectivity index (χ1) is 7.36. The van der Waals surface area contributed by atoms with Gasteiger partial charge in [-0.15, -0.1) is 0 Å². The highest BCUT2D eigenvalue weighted by atomic mass is 16.5. The molecule has 0 bridgehead atoms. The zero-order valence-electron chi connectivity index (χ0n) is 9.87. The van der Waals surface area contributed by atoms with Gasteiger partial charge in [-0.3, -0.25) is 0 Å². The lowest BCUT2D eigenvalue weighted by molar-refractivity contribution is 0.0194. The Morgan fingerprint density at radius 1 is 1.20 bits per heavy atom. The maximum atomic E-state index is 8.63. The molecule has 1 rings (SSSR count). The number of ether oxygens (including phenoxy) is 1. The molecule has 0 unspecified atom stereocenters. The summed E-state index contributed by atoms with van der Waals surface area (Å²) in [6.45, 7) is 4.35. The maximum absolute atomic E-state index is 8.63. The van der Waals surface area contributed by atoms with Crippen LogP contribution in [0.25, 0.3) is 0 Å². The summed E-state index contributed by atoms with van der Waals surface area (Å²) >= 11 is 0. The lowest BCUT2D eigenvalue weighted by Crippen LogP contribution is -2.35. The Bertz CT molecular complexity index is 142. The molecule has 0 atom stereocenters. The lowest BCUT2D eigenvalue weighted by atomic mass is 9.93. The van der Waals surface area contributed by atoms with Crippen LogP contribution < -0.4 is 5.32 Å². The van der Waals surface area contributed by atoms with E-state index in [2.05, 4.69) is 12.2 Å². The van der Waals surface area contributed by atoms with E-state index < -0.39 is 0 Å². The third-order valence-corrected chi connectivity index (χ3v) is 3.07. The first kappa shape index (κ1) is 12.9. The molecule has 0 heterocycles. The summed E-state index contributed by atoms with van der Waals surface area (Å²) in [5.74, 6) is 0. The van der Waals surface area contributed by atoms with E-state index in [4.69, 9.17) is 9.84 Å². The molecule has 0 aromatic heterocycles. The SMILES string of the molecule is CCNC1CCC(OCCCCO)CC1. The van der Waals surface area contributed by atoms with Crippen molar-refractivity contribution in [3.8, 4) is 0 Å². The number of aliphatic hydroxyl groups is 1. The van der Waals surface area contributed by atoms with E-state index in [9.17, 15) is 0 Å². The maximum Gasteiger partial charge on any atom is 0.0576 e. The minimum absolute atomic E-state index is 0.288. The van der Waals surface area contributed by atoms with Crippen molar-refractivity contribution in [1.29, 1.82) is 0 Å². The predicted molar refractivity (Wildman–Crippen MR) is 62.0 cm³/mol. The third-order valence-electron chi connectivity index (χ3n) is 3.07. The van der Waals surface area contributed by atoms with Gasteiger partial charge in [-0.25, -0.2) is 0 Å². The van der Waals surface area contributed by atoms with Gasteiger partial charge in [-0.2, -0.15) is 0 Å². The number of nitrogens with one attached hydrogen (secondary N) is 1. The number of rotatable bonds is 7. The highest BCUT2D eigenvalue weighted by Crippen LogP contribution is 2.21. The van der Waals surface area contributed by atoms with Gasteiger partial charge in [0.25, 0.3) is 0 Å².